The molecule has 11 nitrogen and oxygen atoms in total. The number of phenolic OH excluding ortho intramolecular Hbond substituents is 2. The van der Waals surface area contributed by atoms with Gasteiger partial charge in [-0.05, 0) is 41.8 Å². The summed E-state index contributed by atoms with van der Waals surface area (Å²) in [6.45, 7) is 3.26. The predicted octanol–water partition coefficient (Wildman–Crippen LogP) is 3.67. The van der Waals surface area contributed by atoms with Gasteiger partial charge >= 0.3 is 0 Å². The SMILES string of the molecule is O=C(N[C@H](Cc1ccc(Cl)cc1)C(=O)N1CCN(c2ccccc2CN2CCCC2=O)CC1)c1cc(=O)c2cc(O)c(O)cc2o1. The summed E-state index contributed by atoms with van der Waals surface area (Å²) in [5.74, 6) is -2.23. The molecule has 2 saturated heterocycles. The summed E-state index contributed by atoms with van der Waals surface area (Å²) in [5.41, 5.74) is 2.19. The van der Waals surface area contributed by atoms with Gasteiger partial charge in [0, 0.05) is 75.0 Å². The lowest BCUT2D eigenvalue weighted by Gasteiger charge is -2.38. The summed E-state index contributed by atoms with van der Waals surface area (Å²) in [5, 5.41) is 22.9. The van der Waals surface area contributed by atoms with Crippen LogP contribution in [0.2, 0.25) is 5.02 Å². The lowest BCUT2D eigenvalue weighted by atomic mass is 10.0. The van der Waals surface area contributed by atoms with Crippen molar-refractivity contribution in [2.75, 3.05) is 37.6 Å². The molecule has 0 saturated carbocycles. The van der Waals surface area contributed by atoms with Crippen molar-refractivity contribution in [2.24, 2.45) is 0 Å². The Morgan fingerprint density at radius 3 is 2.35 bits per heavy atom. The Bertz CT molecular complexity index is 1850. The first kappa shape index (κ1) is 31.0. The monoisotopic (exact) mass is 644 g/mol. The van der Waals surface area contributed by atoms with Gasteiger partial charge in [-0.1, -0.05) is 41.9 Å². The number of piperazine rings is 1. The number of carbonyl (C=O) groups is 3. The largest absolute Gasteiger partial charge is 0.504 e. The quantitative estimate of drug-likeness (QED) is 0.247. The number of nitrogens with zero attached hydrogens (tertiary/aromatic N) is 3. The highest BCUT2D eigenvalue weighted by molar-refractivity contribution is 6.30. The summed E-state index contributed by atoms with van der Waals surface area (Å²) in [7, 11) is 0. The van der Waals surface area contributed by atoms with Crippen molar-refractivity contribution in [1.82, 2.24) is 15.1 Å². The molecule has 0 spiro atoms. The van der Waals surface area contributed by atoms with Crippen LogP contribution in [-0.2, 0) is 22.6 Å². The van der Waals surface area contributed by atoms with E-state index >= 15 is 0 Å². The second-order valence-corrected chi connectivity index (χ2v) is 12.0. The van der Waals surface area contributed by atoms with Gasteiger partial charge in [0.05, 0.1) is 5.39 Å². The van der Waals surface area contributed by atoms with Crippen LogP contribution < -0.4 is 15.6 Å². The van der Waals surface area contributed by atoms with Crippen LogP contribution in [0.3, 0.4) is 0 Å². The number of nitrogens with one attached hydrogen (secondary N) is 1. The van der Waals surface area contributed by atoms with Gasteiger partial charge in [-0.25, -0.2) is 0 Å². The number of halogens is 1. The van der Waals surface area contributed by atoms with Crippen molar-refractivity contribution < 1.29 is 29.0 Å². The van der Waals surface area contributed by atoms with E-state index in [0.717, 1.165) is 48.0 Å². The Labute approximate surface area is 269 Å². The number of fused-ring (bicyclic) bond motifs is 1. The topological polar surface area (TPSA) is 144 Å². The zero-order chi connectivity index (χ0) is 32.4. The van der Waals surface area contributed by atoms with Gasteiger partial charge in [0.1, 0.15) is 11.6 Å². The zero-order valence-corrected chi connectivity index (χ0v) is 25.7. The van der Waals surface area contributed by atoms with Crippen LogP contribution in [0.5, 0.6) is 11.5 Å². The summed E-state index contributed by atoms with van der Waals surface area (Å²) < 4.78 is 5.60. The minimum absolute atomic E-state index is 0.00730. The van der Waals surface area contributed by atoms with E-state index in [9.17, 15) is 29.4 Å². The molecule has 3 N–H and O–H groups in total. The number of carbonyl (C=O) groups excluding carboxylic acids is 3. The average molecular weight is 645 g/mol. The maximum absolute atomic E-state index is 13.9. The fourth-order valence-corrected chi connectivity index (χ4v) is 6.12. The fourth-order valence-electron chi connectivity index (χ4n) is 5.99. The molecule has 4 aromatic rings. The third-order valence-corrected chi connectivity index (χ3v) is 8.71. The van der Waals surface area contributed by atoms with Gasteiger partial charge in [0.15, 0.2) is 22.7 Å². The number of anilines is 1. The minimum atomic E-state index is -0.983. The summed E-state index contributed by atoms with van der Waals surface area (Å²) in [6, 6.07) is 17.1. The van der Waals surface area contributed by atoms with E-state index in [0.29, 0.717) is 44.2 Å². The minimum Gasteiger partial charge on any atom is -0.504 e. The van der Waals surface area contributed by atoms with E-state index in [-0.39, 0.29) is 35.0 Å². The zero-order valence-electron chi connectivity index (χ0n) is 24.9. The third kappa shape index (κ3) is 6.64. The molecule has 3 heterocycles. The molecule has 2 fully saturated rings. The van der Waals surface area contributed by atoms with E-state index in [4.69, 9.17) is 16.0 Å². The van der Waals surface area contributed by atoms with E-state index in [2.05, 4.69) is 10.2 Å². The molecule has 12 heteroatoms. The molecule has 6 rings (SSSR count). The Kier molecular flexibility index (Phi) is 8.85. The van der Waals surface area contributed by atoms with Gasteiger partial charge in [-0.2, -0.15) is 0 Å². The normalized spacial score (nSPS) is 15.8. The second kappa shape index (κ2) is 13.1. The number of rotatable bonds is 8. The van der Waals surface area contributed by atoms with E-state index in [1.54, 1.807) is 29.2 Å². The summed E-state index contributed by atoms with van der Waals surface area (Å²) in [4.78, 5) is 58.1. The molecule has 1 aromatic heterocycles. The summed E-state index contributed by atoms with van der Waals surface area (Å²) >= 11 is 6.07. The van der Waals surface area contributed by atoms with Crippen LogP contribution in [-0.4, -0.2) is 76.5 Å². The molecular formula is C34H33ClN4O7. The maximum Gasteiger partial charge on any atom is 0.287 e. The standard InChI is InChI=1S/C34H33ClN4O7/c35-23-9-7-21(8-10-23)16-25(36-33(44)31-18-27(40)24-17-28(41)29(42)19-30(24)46-31)34(45)38-14-12-37(13-15-38)26-5-2-1-4-22(26)20-39-11-3-6-32(39)43/h1-2,4-5,7-10,17-19,25,41-42H,3,6,11-16,20H2,(H,36,44)/t25-/m1/s1. The molecule has 3 amide bonds. The van der Waals surface area contributed by atoms with Gasteiger partial charge in [-0.15, -0.1) is 0 Å². The van der Waals surface area contributed by atoms with Crippen LogP contribution in [0.1, 0.15) is 34.5 Å². The lowest BCUT2D eigenvalue weighted by Crippen LogP contribution is -2.55. The maximum atomic E-state index is 13.9. The number of likely N-dealkylation sites (tertiary alicyclic amines) is 1. The van der Waals surface area contributed by atoms with Crippen LogP contribution in [0.4, 0.5) is 5.69 Å². The molecule has 3 aromatic carbocycles. The molecule has 2 aliphatic rings. The first-order chi connectivity index (χ1) is 22.2. The number of hydrogen-bond acceptors (Lipinski definition) is 8. The van der Waals surface area contributed by atoms with E-state index in [1.807, 2.05) is 29.2 Å². The average Bonchev–Trinajstić information content (AvgIpc) is 3.46. The van der Waals surface area contributed by atoms with E-state index < -0.39 is 28.9 Å². The molecule has 46 heavy (non-hydrogen) atoms. The molecule has 0 radical (unpaired) electrons. The molecule has 238 valence electrons. The molecule has 2 aliphatic heterocycles. The number of phenols is 2. The first-order valence-corrected chi connectivity index (χ1v) is 15.5. The number of amides is 3. The Morgan fingerprint density at radius 1 is 0.913 bits per heavy atom. The van der Waals surface area contributed by atoms with Crippen molar-refractivity contribution in [3.8, 4) is 11.5 Å². The lowest BCUT2D eigenvalue weighted by molar-refractivity contribution is -0.133. The van der Waals surface area contributed by atoms with Gasteiger partial charge in [0.2, 0.25) is 11.8 Å². The van der Waals surface area contributed by atoms with Crippen molar-refractivity contribution in [3.05, 3.63) is 98.9 Å². The fraction of sp³-hybridized carbons (Fsp3) is 0.294. The molecule has 0 unspecified atom stereocenters. The number of para-hydroxylation sites is 1. The highest BCUT2D eigenvalue weighted by atomic mass is 35.5. The van der Waals surface area contributed by atoms with Crippen molar-refractivity contribution in [3.63, 3.8) is 0 Å². The van der Waals surface area contributed by atoms with E-state index in [1.165, 1.54) is 0 Å². The second-order valence-electron chi connectivity index (χ2n) is 11.5. The summed E-state index contributed by atoms with van der Waals surface area (Å²) in [6.07, 6.45) is 1.62. The van der Waals surface area contributed by atoms with Crippen LogP contribution in [0.25, 0.3) is 11.0 Å². The number of benzene rings is 3. The highest BCUT2D eigenvalue weighted by Crippen LogP contribution is 2.29. The number of hydrogen-bond donors (Lipinski definition) is 3. The van der Waals surface area contributed by atoms with Crippen LogP contribution in [0, 0.1) is 0 Å². The number of aromatic hydroxyl groups is 2. The Balaban J connectivity index is 1.19. The van der Waals surface area contributed by atoms with Crippen LogP contribution >= 0.6 is 11.6 Å². The Morgan fingerprint density at radius 2 is 1.63 bits per heavy atom. The van der Waals surface area contributed by atoms with Crippen molar-refractivity contribution >= 4 is 46.0 Å². The van der Waals surface area contributed by atoms with Crippen LogP contribution in [0.15, 0.2) is 75.9 Å². The first-order valence-electron chi connectivity index (χ1n) is 15.1. The predicted molar refractivity (Wildman–Crippen MR) is 172 cm³/mol. The highest BCUT2D eigenvalue weighted by Gasteiger charge is 2.31. The van der Waals surface area contributed by atoms with Crippen molar-refractivity contribution in [2.45, 2.75) is 31.8 Å². The molecule has 0 aliphatic carbocycles. The molecular weight excluding hydrogens is 612 g/mol. The smallest absolute Gasteiger partial charge is 0.287 e. The van der Waals surface area contributed by atoms with Crippen molar-refractivity contribution in [1.29, 1.82) is 0 Å². The molecule has 1 atom stereocenters. The van der Waals surface area contributed by atoms with Gasteiger partial charge in [-0.3, -0.25) is 19.2 Å². The molecule has 0 bridgehead atoms. The third-order valence-electron chi connectivity index (χ3n) is 8.46. The van der Waals surface area contributed by atoms with Gasteiger partial charge < -0.3 is 34.6 Å². The van der Waals surface area contributed by atoms with Gasteiger partial charge in [0.25, 0.3) is 5.91 Å². The Hall–Kier alpha value is -5.03.